The first-order valence-corrected chi connectivity index (χ1v) is 8.59. The summed E-state index contributed by atoms with van der Waals surface area (Å²) in [4.78, 5) is 4.64. The van der Waals surface area contributed by atoms with Crippen LogP contribution in [0.15, 0.2) is 29.3 Å². The van der Waals surface area contributed by atoms with Crippen molar-refractivity contribution in [2.75, 3.05) is 33.1 Å². The first-order valence-electron chi connectivity index (χ1n) is 7.37. The van der Waals surface area contributed by atoms with Gasteiger partial charge in [-0.15, -0.1) is 0 Å². The van der Waals surface area contributed by atoms with Gasteiger partial charge in [0.25, 0.3) is 0 Å². The van der Waals surface area contributed by atoms with Gasteiger partial charge in [-0.25, -0.2) is 0 Å². The Morgan fingerprint density at radius 3 is 2.45 bits per heavy atom. The van der Waals surface area contributed by atoms with Gasteiger partial charge in [0, 0.05) is 11.6 Å². The van der Waals surface area contributed by atoms with Crippen LogP contribution in [0.3, 0.4) is 0 Å². The van der Waals surface area contributed by atoms with Crippen LogP contribution in [-0.4, -0.2) is 44.3 Å². The molecule has 22 heavy (non-hydrogen) atoms. The van der Waals surface area contributed by atoms with Crippen LogP contribution in [0.1, 0.15) is 19.4 Å². The zero-order valence-corrected chi connectivity index (χ0v) is 14.4. The Bertz CT molecular complexity index is 497. The molecule has 1 heterocycles. The summed E-state index contributed by atoms with van der Waals surface area (Å²) < 4.78 is 17.0. The van der Waals surface area contributed by atoms with Gasteiger partial charge in [0.15, 0.2) is 5.17 Å². The first-order chi connectivity index (χ1) is 10.6. The lowest BCUT2D eigenvalue weighted by Crippen LogP contribution is -2.34. The number of hydrogen-bond donors (Lipinski definition) is 1. The molecule has 5 nitrogen and oxygen atoms in total. The smallest absolute Gasteiger partial charge is 0.215 e. The highest BCUT2D eigenvalue weighted by atomic mass is 32.2. The number of methoxy groups -OCH3 is 1. The topological polar surface area (TPSA) is 52.1 Å². The Kier molecular flexibility index (Phi) is 6.11. The van der Waals surface area contributed by atoms with Crippen LogP contribution < -0.4 is 10.1 Å². The van der Waals surface area contributed by atoms with E-state index in [1.165, 1.54) is 0 Å². The van der Waals surface area contributed by atoms with Gasteiger partial charge in [0.1, 0.15) is 12.3 Å². The maximum atomic E-state index is 5.89. The minimum atomic E-state index is -0.800. The van der Waals surface area contributed by atoms with Crippen LogP contribution in [0, 0.1) is 0 Å². The molecule has 1 N–H and O–H groups in total. The lowest BCUT2D eigenvalue weighted by molar-refractivity contribution is -0.156. The molecule has 122 valence electrons. The van der Waals surface area contributed by atoms with Crippen LogP contribution in [0.2, 0.25) is 0 Å². The molecule has 0 amide bonds. The number of hydrogen-bond acceptors (Lipinski definition) is 5. The largest absolute Gasteiger partial charge is 0.497 e. The van der Waals surface area contributed by atoms with E-state index < -0.39 is 5.79 Å². The number of amidine groups is 1. The highest BCUT2D eigenvalue weighted by Gasteiger charge is 2.38. The second-order valence-electron chi connectivity index (χ2n) is 5.30. The number of ether oxygens (including phenoxy) is 3. The highest BCUT2D eigenvalue weighted by Crippen LogP contribution is 2.33. The molecule has 0 radical (unpaired) electrons. The molecule has 1 aliphatic heterocycles. The van der Waals surface area contributed by atoms with Gasteiger partial charge in [-0.3, -0.25) is 4.99 Å². The van der Waals surface area contributed by atoms with Crippen LogP contribution >= 0.6 is 11.8 Å². The molecule has 0 bridgehead atoms. The van der Waals surface area contributed by atoms with Gasteiger partial charge in [0.2, 0.25) is 5.79 Å². The van der Waals surface area contributed by atoms with Crippen molar-refractivity contribution >= 4 is 16.9 Å². The Morgan fingerprint density at radius 1 is 1.32 bits per heavy atom. The third kappa shape index (κ3) is 4.15. The second-order valence-corrected chi connectivity index (χ2v) is 6.10. The van der Waals surface area contributed by atoms with Crippen molar-refractivity contribution in [1.29, 1.82) is 0 Å². The summed E-state index contributed by atoms with van der Waals surface area (Å²) in [6, 6.07) is 8.10. The lowest BCUT2D eigenvalue weighted by Gasteiger charge is -2.26. The van der Waals surface area contributed by atoms with E-state index >= 15 is 0 Å². The molecule has 0 spiro atoms. The molecule has 0 aliphatic carbocycles. The van der Waals surface area contributed by atoms with Crippen molar-refractivity contribution in [3.05, 3.63) is 29.8 Å². The molecule has 1 aromatic carbocycles. The highest BCUT2D eigenvalue weighted by molar-refractivity contribution is 8.13. The summed E-state index contributed by atoms with van der Waals surface area (Å²) in [5.41, 5.74) is 0.958. The molecule has 1 aromatic rings. The van der Waals surface area contributed by atoms with Crippen molar-refractivity contribution in [3.63, 3.8) is 0 Å². The van der Waals surface area contributed by atoms with E-state index in [0.717, 1.165) is 16.5 Å². The maximum Gasteiger partial charge on any atom is 0.215 e. The van der Waals surface area contributed by atoms with Crippen molar-refractivity contribution in [3.8, 4) is 5.75 Å². The standard InChI is InChI=1S/C16H24N2O3S/c1-12(2)18-15(22-4)17-11-16(20-9-10-21-16)13-5-7-14(19-3)8-6-13/h5-8,12H,9-11H2,1-4H3,(H,17,18). The van der Waals surface area contributed by atoms with Gasteiger partial charge >= 0.3 is 0 Å². The maximum absolute atomic E-state index is 5.89. The Hall–Kier alpha value is -1.24. The monoisotopic (exact) mass is 324 g/mol. The molecule has 0 atom stereocenters. The van der Waals surface area contributed by atoms with Crippen LogP contribution in [0.25, 0.3) is 0 Å². The number of nitrogens with one attached hydrogen (secondary N) is 1. The van der Waals surface area contributed by atoms with Crippen LogP contribution in [0.5, 0.6) is 5.75 Å². The number of benzene rings is 1. The summed E-state index contributed by atoms with van der Waals surface area (Å²) in [6.07, 6.45) is 2.00. The first kappa shape index (κ1) is 17.1. The summed E-state index contributed by atoms with van der Waals surface area (Å²) >= 11 is 1.59. The number of nitrogens with zero attached hydrogens (tertiary/aromatic N) is 1. The Morgan fingerprint density at radius 2 is 1.95 bits per heavy atom. The van der Waals surface area contributed by atoms with E-state index in [4.69, 9.17) is 14.2 Å². The van der Waals surface area contributed by atoms with Crippen LogP contribution in [0.4, 0.5) is 0 Å². The van der Waals surface area contributed by atoms with Crippen molar-refractivity contribution in [1.82, 2.24) is 5.32 Å². The average Bonchev–Trinajstić information content (AvgIpc) is 3.01. The summed E-state index contributed by atoms with van der Waals surface area (Å²) in [5.74, 6) is 0.0120. The SMILES string of the molecule is COc1ccc(C2(CN=C(NC(C)C)SC)OCCO2)cc1. The van der Waals surface area contributed by atoms with Crippen LogP contribution in [-0.2, 0) is 15.3 Å². The van der Waals surface area contributed by atoms with E-state index in [1.807, 2.05) is 30.5 Å². The Labute approximate surface area is 136 Å². The zero-order valence-electron chi connectivity index (χ0n) is 13.6. The third-order valence-corrected chi connectivity index (χ3v) is 3.95. The fourth-order valence-corrected chi connectivity index (χ4v) is 2.79. The van der Waals surface area contributed by atoms with Crippen molar-refractivity contribution < 1.29 is 14.2 Å². The minimum Gasteiger partial charge on any atom is -0.497 e. The average molecular weight is 324 g/mol. The number of aliphatic imine (C=N–C) groups is 1. The number of rotatable bonds is 5. The van der Waals surface area contributed by atoms with Crippen molar-refractivity contribution in [2.24, 2.45) is 4.99 Å². The van der Waals surface area contributed by atoms with Gasteiger partial charge < -0.3 is 19.5 Å². The van der Waals surface area contributed by atoms with E-state index in [1.54, 1.807) is 18.9 Å². The second kappa shape index (κ2) is 7.85. The molecule has 0 unspecified atom stereocenters. The quantitative estimate of drug-likeness (QED) is 0.666. The summed E-state index contributed by atoms with van der Waals surface area (Å²) in [6.45, 7) is 5.76. The molecule has 1 aliphatic rings. The molecule has 2 rings (SSSR count). The van der Waals surface area contributed by atoms with E-state index in [-0.39, 0.29) is 0 Å². The minimum absolute atomic E-state index is 0.341. The zero-order chi connectivity index (χ0) is 16.0. The molecular formula is C16H24N2O3S. The molecule has 0 aromatic heterocycles. The molecular weight excluding hydrogens is 300 g/mol. The van der Waals surface area contributed by atoms with E-state index in [9.17, 15) is 0 Å². The van der Waals surface area contributed by atoms with Gasteiger partial charge in [-0.1, -0.05) is 11.8 Å². The van der Waals surface area contributed by atoms with E-state index in [2.05, 4.69) is 24.2 Å². The molecule has 1 saturated heterocycles. The molecule has 0 saturated carbocycles. The van der Waals surface area contributed by atoms with E-state index in [0.29, 0.717) is 25.8 Å². The Balaban J connectivity index is 2.18. The summed E-state index contributed by atoms with van der Waals surface area (Å²) in [5, 5.41) is 4.21. The number of thioether (sulfide) groups is 1. The lowest BCUT2D eigenvalue weighted by atomic mass is 10.1. The van der Waals surface area contributed by atoms with Crippen molar-refractivity contribution in [2.45, 2.75) is 25.7 Å². The van der Waals surface area contributed by atoms with Gasteiger partial charge in [-0.05, 0) is 44.4 Å². The normalized spacial score (nSPS) is 17.8. The summed E-state index contributed by atoms with van der Waals surface area (Å²) in [7, 11) is 1.65. The molecule has 1 fully saturated rings. The van der Waals surface area contributed by atoms with Gasteiger partial charge in [0.05, 0.1) is 20.3 Å². The third-order valence-electron chi connectivity index (χ3n) is 3.32. The fraction of sp³-hybridized carbons (Fsp3) is 0.562. The fourth-order valence-electron chi connectivity index (χ4n) is 2.24. The van der Waals surface area contributed by atoms with Gasteiger partial charge in [-0.2, -0.15) is 0 Å². The molecule has 6 heteroatoms. The predicted molar refractivity (Wildman–Crippen MR) is 90.7 cm³/mol. The predicted octanol–water partition coefficient (Wildman–Crippen LogP) is 2.61.